The second-order valence-corrected chi connectivity index (χ2v) is 2.72. The van der Waals surface area contributed by atoms with Gasteiger partial charge in [-0.2, -0.15) is 0 Å². The highest BCUT2D eigenvalue weighted by Crippen LogP contribution is 2.26. The summed E-state index contributed by atoms with van der Waals surface area (Å²) in [6.45, 7) is 4.10. The van der Waals surface area contributed by atoms with E-state index in [0.29, 0.717) is 0 Å². The lowest BCUT2D eigenvalue weighted by Gasteiger charge is -2.15. The normalized spacial score (nSPS) is 23.7. The molecule has 10 heavy (non-hydrogen) atoms. The molecule has 0 atom stereocenters. The fraction of sp³-hybridized carbons (Fsp3) is 0.556. The smallest absolute Gasteiger partial charge is 0.0618 e. The molecule has 0 aromatic heterocycles. The van der Waals surface area contributed by atoms with Gasteiger partial charge in [-0.05, 0) is 31.3 Å². The lowest BCUT2D eigenvalue weighted by atomic mass is 9.91. The Labute approximate surface area is 62.1 Å². The summed E-state index contributed by atoms with van der Waals surface area (Å²) in [5.41, 5.74) is 2.49. The van der Waals surface area contributed by atoms with E-state index in [1.165, 1.54) is 24.0 Å². The van der Waals surface area contributed by atoms with E-state index in [-0.39, 0.29) is 6.61 Å². The molecule has 1 nitrogen and oxygen atoms in total. The lowest BCUT2D eigenvalue weighted by Crippen LogP contribution is -1.97. The second-order valence-electron chi connectivity index (χ2n) is 2.72. The van der Waals surface area contributed by atoms with Crippen LogP contribution in [0.15, 0.2) is 23.8 Å². The highest BCUT2D eigenvalue weighted by Gasteiger charge is 2.07. The SMILES string of the molecule is C=C1CCCC/C1=C/CO. The predicted molar refractivity (Wildman–Crippen MR) is 42.8 cm³/mol. The van der Waals surface area contributed by atoms with E-state index in [1.54, 1.807) is 0 Å². The molecular weight excluding hydrogens is 124 g/mol. The van der Waals surface area contributed by atoms with Gasteiger partial charge < -0.3 is 5.11 Å². The zero-order chi connectivity index (χ0) is 7.40. The van der Waals surface area contributed by atoms with Crippen molar-refractivity contribution in [2.24, 2.45) is 0 Å². The molecule has 0 radical (unpaired) electrons. The molecule has 0 amide bonds. The van der Waals surface area contributed by atoms with Crippen molar-refractivity contribution in [2.45, 2.75) is 25.7 Å². The Kier molecular flexibility index (Phi) is 2.69. The minimum atomic E-state index is 0.161. The Bertz CT molecular complexity index is 156. The van der Waals surface area contributed by atoms with Crippen molar-refractivity contribution in [3.8, 4) is 0 Å². The molecule has 1 aliphatic rings. The maximum atomic E-state index is 8.62. The lowest BCUT2D eigenvalue weighted by molar-refractivity contribution is 0.341. The number of rotatable bonds is 1. The van der Waals surface area contributed by atoms with Crippen molar-refractivity contribution in [3.63, 3.8) is 0 Å². The van der Waals surface area contributed by atoms with Crippen molar-refractivity contribution in [1.29, 1.82) is 0 Å². The van der Waals surface area contributed by atoms with Crippen LogP contribution in [0.4, 0.5) is 0 Å². The minimum absolute atomic E-state index is 0.161. The average molecular weight is 138 g/mol. The van der Waals surface area contributed by atoms with Crippen molar-refractivity contribution < 1.29 is 5.11 Å². The molecule has 0 heterocycles. The Morgan fingerprint density at radius 1 is 1.40 bits per heavy atom. The van der Waals surface area contributed by atoms with Crippen molar-refractivity contribution in [3.05, 3.63) is 23.8 Å². The van der Waals surface area contributed by atoms with Crippen LogP contribution < -0.4 is 0 Å². The number of aliphatic hydroxyl groups excluding tert-OH is 1. The summed E-state index contributed by atoms with van der Waals surface area (Å²) < 4.78 is 0. The van der Waals surface area contributed by atoms with Crippen LogP contribution in [0.3, 0.4) is 0 Å². The summed E-state index contributed by atoms with van der Waals surface area (Å²) in [6.07, 6.45) is 6.62. The molecule has 1 rings (SSSR count). The average Bonchev–Trinajstić information content (AvgIpc) is 1.94. The maximum Gasteiger partial charge on any atom is 0.0618 e. The third-order valence-corrected chi connectivity index (χ3v) is 1.97. The van der Waals surface area contributed by atoms with Crippen LogP contribution in [-0.2, 0) is 0 Å². The van der Waals surface area contributed by atoms with E-state index >= 15 is 0 Å². The molecule has 1 fully saturated rings. The predicted octanol–water partition coefficient (Wildman–Crippen LogP) is 2.04. The Balaban J connectivity index is 2.56. The summed E-state index contributed by atoms with van der Waals surface area (Å²) in [4.78, 5) is 0. The first-order valence-corrected chi connectivity index (χ1v) is 3.82. The summed E-state index contributed by atoms with van der Waals surface area (Å²) in [5, 5.41) is 8.62. The zero-order valence-electron chi connectivity index (χ0n) is 6.27. The van der Waals surface area contributed by atoms with Gasteiger partial charge in [0.25, 0.3) is 0 Å². The van der Waals surface area contributed by atoms with Crippen LogP contribution in [0.1, 0.15) is 25.7 Å². The molecule has 0 bridgehead atoms. The van der Waals surface area contributed by atoms with Gasteiger partial charge in [0.15, 0.2) is 0 Å². The summed E-state index contributed by atoms with van der Waals surface area (Å²) in [7, 11) is 0. The molecule has 1 saturated carbocycles. The molecule has 0 aliphatic heterocycles. The molecule has 0 saturated heterocycles. The molecule has 0 spiro atoms. The Hall–Kier alpha value is -0.560. The number of hydrogen-bond acceptors (Lipinski definition) is 1. The molecular formula is C9H14O. The molecule has 56 valence electrons. The standard InChI is InChI=1S/C9H14O/c1-8-4-2-3-5-9(8)6-7-10/h6,10H,1-5,7H2/b9-6-. The van der Waals surface area contributed by atoms with Gasteiger partial charge in [0.2, 0.25) is 0 Å². The van der Waals surface area contributed by atoms with Gasteiger partial charge in [0.05, 0.1) is 6.61 Å². The van der Waals surface area contributed by atoms with E-state index in [1.807, 2.05) is 6.08 Å². The van der Waals surface area contributed by atoms with Crippen molar-refractivity contribution in [2.75, 3.05) is 6.61 Å². The highest BCUT2D eigenvalue weighted by molar-refractivity contribution is 5.29. The van der Waals surface area contributed by atoms with Gasteiger partial charge in [-0.3, -0.25) is 0 Å². The van der Waals surface area contributed by atoms with Gasteiger partial charge >= 0.3 is 0 Å². The second kappa shape index (κ2) is 3.57. The van der Waals surface area contributed by atoms with E-state index < -0.39 is 0 Å². The summed E-state index contributed by atoms with van der Waals surface area (Å²) in [5.74, 6) is 0. The number of hydrogen-bond donors (Lipinski definition) is 1. The number of aliphatic hydroxyl groups is 1. The highest BCUT2D eigenvalue weighted by atomic mass is 16.2. The third-order valence-electron chi connectivity index (χ3n) is 1.97. The van der Waals surface area contributed by atoms with E-state index in [2.05, 4.69) is 6.58 Å². The van der Waals surface area contributed by atoms with Gasteiger partial charge in [-0.15, -0.1) is 0 Å². The van der Waals surface area contributed by atoms with E-state index in [9.17, 15) is 0 Å². The number of allylic oxidation sites excluding steroid dienone is 2. The summed E-state index contributed by atoms with van der Waals surface area (Å²) in [6, 6.07) is 0. The summed E-state index contributed by atoms with van der Waals surface area (Å²) >= 11 is 0. The van der Waals surface area contributed by atoms with Crippen LogP contribution in [0.5, 0.6) is 0 Å². The van der Waals surface area contributed by atoms with Crippen LogP contribution in [0, 0.1) is 0 Å². The first-order valence-electron chi connectivity index (χ1n) is 3.82. The van der Waals surface area contributed by atoms with E-state index in [0.717, 1.165) is 12.8 Å². The fourth-order valence-electron chi connectivity index (χ4n) is 1.35. The van der Waals surface area contributed by atoms with Crippen LogP contribution in [0.2, 0.25) is 0 Å². The fourth-order valence-corrected chi connectivity index (χ4v) is 1.35. The first-order chi connectivity index (χ1) is 4.84. The largest absolute Gasteiger partial charge is 0.392 e. The van der Waals surface area contributed by atoms with Crippen LogP contribution in [0.25, 0.3) is 0 Å². The third kappa shape index (κ3) is 1.71. The van der Waals surface area contributed by atoms with Gasteiger partial charge in [0.1, 0.15) is 0 Å². The maximum absolute atomic E-state index is 8.62. The molecule has 0 unspecified atom stereocenters. The van der Waals surface area contributed by atoms with Crippen molar-refractivity contribution in [1.82, 2.24) is 0 Å². The monoisotopic (exact) mass is 138 g/mol. The molecule has 1 aliphatic carbocycles. The van der Waals surface area contributed by atoms with Gasteiger partial charge in [0, 0.05) is 0 Å². The van der Waals surface area contributed by atoms with Crippen LogP contribution in [-0.4, -0.2) is 11.7 Å². The zero-order valence-corrected chi connectivity index (χ0v) is 6.27. The van der Waals surface area contributed by atoms with Crippen molar-refractivity contribution >= 4 is 0 Å². The molecule has 0 aromatic carbocycles. The van der Waals surface area contributed by atoms with Crippen LogP contribution >= 0.6 is 0 Å². The molecule has 0 aromatic rings. The molecule has 1 heteroatoms. The Morgan fingerprint density at radius 3 is 2.70 bits per heavy atom. The van der Waals surface area contributed by atoms with E-state index in [4.69, 9.17) is 5.11 Å². The quantitative estimate of drug-likeness (QED) is 0.588. The Morgan fingerprint density at radius 2 is 2.10 bits per heavy atom. The molecule has 1 N–H and O–H groups in total. The minimum Gasteiger partial charge on any atom is -0.392 e. The topological polar surface area (TPSA) is 20.2 Å². The first kappa shape index (κ1) is 7.55. The van der Waals surface area contributed by atoms with Gasteiger partial charge in [-0.25, -0.2) is 0 Å². The van der Waals surface area contributed by atoms with Gasteiger partial charge in [-0.1, -0.05) is 18.2 Å².